The van der Waals surface area contributed by atoms with Crippen molar-refractivity contribution in [3.63, 3.8) is 0 Å². The first-order chi connectivity index (χ1) is 12.5. The van der Waals surface area contributed by atoms with E-state index in [1.807, 2.05) is 0 Å². The Balaban J connectivity index is 1.94. The lowest BCUT2D eigenvalue weighted by Crippen LogP contribution is -2.34. The zero-order valence-electron chi connectivity index (χ0n) is 13.6. The molecule has 3 heterocycles. The first-order valence-electron chi connectivity index (χ1n) is 7.56. The van der Waals surface area contributed by atoms with Crippen LogP contribution in [0.25, 0.3) is 22.2 Å². The van der Waals surface area contributed by atoms with Crippen molar-refractivity contribution >= 4 is 16.9 Å². The minimum atomic E-state index is -4.59. The van der Waals surface area contributed by atoms with Crippen molar-refractivity contribution in [1.29, 1.82) is 0 Å². The van der Waals surface area contributed by atoms with E-state index in [1.54, 1.807) is 5.32 Å². The summed E-state index contributed by atoms with van der Waals surface area (Å²) in [6.45, 7) is 0.0432. The van der Waals surface area contributed by atoms with Crippen LogP contribution in [0, 0.1) is 6.92 Å². The quantitative estimate of drug-likeness (QED) is 0.587. The van der Waals surface area contributed by atoms with Crippen LogP contribution in [0.1, 0.15) is 21.7 Å². The molecule has 3 rings (SSSR count). The highest BCUT2D eigenvalue weighted by molar-refractivity contribution is 5.99. The van der Waals surface area contributed by atoms with Crippen molar-refractivity contribution in [2.75, 3.05) is 6.54 Å². The van der Waals surface area contributed by atoms with Gasteiger partial charge in [-0.1, -0.05) is 0 Å². The van der Waals surface area contributed by atoms with E-state index in [1.165, 1.54) is 25.4 Å². The molecule has 3 aromatic heterocycles. The maximum Gasteiger partial charge on any atom is 0.433 e. The largest absolute Gasteiger partial charge is 0.433 e. The Labute approximate surface area is 147 Å². The van der Waals surface area contributed by atoms with Crippen LogP contribution in [0.5, 0.6) is 0 Å². The lowest BCUT2D eigenvalue weighted by atomic mass is 10.0. The molecule has 0 radical (unpaired) electrons. The van der Waals surface area contributed by atoms with Crippen molar-refractivity contribution in [1.82, 2.24) is 20.3 Å². The molecule has 144 valence electrons. The Bertz CT molecular complexity index is 999. The summed E-state index contributed by atoms with van der Waals surface area (Å²) in [7, 11) is 0. The molecule has 0 saturated heterocycles. The fourth-order valence-corrected chi connectivity index (χ4v) is 2.67. The third-order valence-corrected chi connectivity index (χ3v) is 3.94. The Morgan fingerprint density at radius 1 is 1.07 bits per heavy atom. The van der Waals surface area contributed by atoms with Gasteiger partial charge in [0.1, 0.15) is 23.6 Å². The van der Waals surface area contributed by atoms with Gasteiger partial charge in [-0.05, 0) is 24.6 Å². The number of aromatic amines is 2. The van der Waals surface area contributed by atoms with Crippen molar-refractivity contribution in [3.8, 4) is 11.1 Å². The Morgan fingerprint density at radius 3 is 2.37 bits per heavy atom. The normalized spacial score (nSPS) is 12.6. The van der Waals surface area contributed by atoms with Crippen LogP contribution in [-0.4, -0.2) is 33.6 Å². The molecule has 0 aliphatic carbocycles. The number of pyridine rings is 1. The van der Waals surface area contributed by atoms with E-state index in [2.05, 4.69) is 15.0 Å². The zero-order chi connectivity index (χ0) is 20.0. The number of carbonyl (C=O) groups excluding carboxylic acids is 1. The second kappa shape index (κ2) is 6.32. The van der Waals surface area contributed by atoms with Gasteiger partial charge in [-0.25, -0.2) is 4.98 Å². The number of aromatic nitrogens is 3. The molecule has 0 atom stereocenters. The predicted octanol–water partition coefficient (Wildman–Crippen LogP) is 4.18. The lowest BCUT2D eigenvalue weighted by Gasteiger charge is -2.08. The number of fused-ring (bicyclic) bond motifs is 1. The highest BCUT2D eigenvalue weighted by Gasteiger charge is 2.33. The van der Waals surface area contributed by atoms with Crippen molar-refractivity contribution < 1.29 is 31.1 Å². The van der Waals surface area contributed by atoms with Crippen LogP contribution >= 0.6 is 0 Å². The van der Waals surface area contributed by atoms with Gasteiger partial charge in [0.15, 0.2) is 0 Å². The molecule has 0 fully saturated rings. The van der Waals surface area contributed by atoms with Crippen molar-refractivity contribution in [2.45, 2.75) is 19.3 Å². The second-order valence-electron chi connectivity index (χ2n) is 5.79. The third-order valence-electron chi connectivity index (χ3n) is 3.94. The van der Waals surface area contributed by atoms with Gasteiger partial charge in [0.2, 0.25) is 0 Å². The summed E-state index contributed by atoms with van der Waals surface area (Å²) in [6, 6.07) is 2.07. The minimum Gasteiger partial charge on any atom is -0.356 e. The molecule has 0 aliphatic heterocycles. The average Bonchev–Trinajstić information content (AvgIpc) is 3.13. The molecule has 0 aliphatic rings. The molecule has 0 saturated carbocycles. The summed E-state index contributed by atoms with van der Waals surface area (Å²) in [6.07, 6.45) is -6.31. The molecular formula is C16H12F6N4O. The molecule has 0 aromatic carbocycles. The summed E-state index contributed by atoms with van der Waals surface area (Å²) in [5, 5.41) is 2.14. The van der Waals surface area contributed by atoms with Gasteiger partial charge in [0, 0.05) is 28.9 Å². The zero-order valence-corrected chi connectivity index (χ0v) is 13.6. The van der Waals surface area contributed by atoms with Gasteiger partial charge in [-0.3, -0.25) is 4.79 Å². The summed E-state index contributed by atoms with van der Waals surface area (Å²) < 4.78 is 75.0. The van der Waals surface area contributed by atoms with Crippen LogP contribution in [0.4, 0.5) is 26.3 Å². The highest BCUT2D eigenvalue weighted by Crippen LogP contribution is 2.34. The summed E-state index contributed by atoms with van der Waals surface area (Å²) in [5.41, 5.74) is 0.165. The SMILES string of the molecule is Cc1c(-c2c[nH]c3nc(C(F)(F)F)ccc23)c[nH]c1C(=O)NCC(F)(F)F. The lowest BCUT2D eigenvalue weighted by molar-refractivity contribution is -0.141. The number of alkyl halides is 6. The van der Waals surface area contributed by atoms with Gasteiger partial charge in [0.25, 0.3) is 5.91 Å². The topological polar surface area (TPSA) is 73.6 Å². The van der Waals surface area contributed by atoms with Crippen molar-refractivity contribution in [3.05, 3.63) is 41.5 Å². The van der Waals surface area contributed by atoms with Gasteiger partial charge >= 0.3 is 12.4 Å². The molecule has 11 heteroatoms. The van der Waals surface area contributed by atoms with E-state index in [-0.39, 0.29) is 11.3 Å². The number of nitrogens with zero attached hydrogens (tertiary/aromatic N) is 1. The number of rotatable bonds is 3. The molecule has 1 amide bonds. The van der Waals surface area contributed by atoms with Gasteiger partial charge < -0.3 is 15.3 Å². The number of amides is 1. The minimum absolute atomic E-state index is 0.00324. The van der Waals surface area contributed by atoms with Crippen LogP contribution in [0.2, 0.25) is 0 Å². The summed E-state index contributed by atoms with van der Waals surface area (Å²) in [5.74, 6) is -0.937. The molecule has 3 N–H and O–H groups in total. The van der Waals surface area contributed by atoms with Crippen LogP contribution < -0.4 is 5.32 Å². The number of nitrogens with one attached hydrogen (secondary N) is 3. The molecule has 0 bridgehead atoms. The third kappa shape index (κ3) is 3.76. The van der Waals surface area contributed by atoms with E-state index >= 15 is 0 Å². The Kier molecular flexibility index (Phi) is 4.40. The standard InChI is InChI=1S/C16H12F6N4O/c1-7-9(4-23-12(7)14(27)25-6-15(17,18)19)10-5-24-13-8(10)2-3-11(26-13)16(20,21)22/h2-5,23H,6H2,1H3,(H,24,26)(H,25,27). The first-order valence-corrected chi connectivity index (χ1v) is 7.56. The van der Waals surface area contributed by atoms with Crippen molar-refractivity contribution in [2.24, 2.45) is 0 Å². The van der Waals surface area contributed by atoms with E-state index in [0.717, 1.165) is 6.07 Å². The highest BCUT2D eigenvalue weighted by atomic mass is 19.4. The van der Waals surface area contributed by atoms with E-state index in [9.17, 15) is 31.1 Å². The van der Waals surface area contributed by atoms with E-state index in [4.69, 9.17) is 0 Å². The predicted molar refractivity (Wildman–Crippen MR) is 84.0 cm³/mol. The molecular weight excluding hydrogens is 378 g/mol. The number of halogens is 6. The maximum atomic E-state index is 12.8. The number of hydrogen-bond acceptors (Lipinski definition) is 2. The fourth-order valence-electron chi connectivity index (χ4n) is 2.67. The monoisotopic (exact) mass is 390 g/mol. The van der Waals surface area contributed by atoms with Gasteiger partial charge in [-0.15, -0.1) is 0 Å². The van der Waals surface area contributed by atoms with Crippen LogP contribution in [-0.2, 0) is 6.18 Å². The fraction of sp³-hybridized carbons (Fsp3) is 0.250. The molecule has 5 nitrogen and oxygen atoms in total. The number of hydrogen-bond donors (Lipinski definition) is 3. The van der Waals surface area contributed by atoms with Gasteiger partial charge in [0.05, 0.1) is 0 Å². The maximum absolute atomic E-state index is 12.8. The van der Waals surface area contributed by atoms with Crippen LogP contribution in [0.3, 0.4) is 0 Å². The second-order valence-corrected chi connectivity index (χ2v) is 5.79. The Hall–Kier alpha value is -2.98. The number of H-pyrrole nitrogens is 2. The average molecular weight is 390 g/mol. The summed E-state index contributed by atoms with van der Waals surface area (Å²) in [4.78, 5) is 20.7. The summed E-state index contributed by atoms with van der Waals surface area (Å²) >= 11 is 0. The molecule has 27 heavy (non-hydrogen) atoms. The smallest absolute Gasteiger partial charge is 0.356 e. The first kappa shape index (κ1) is 18.8. The molecule has 0 unspecified atom stereocenters. The molecule has 0 spiro atoms. The van der Waals surface area contributed by atoms with Crippen LogP contribution in [0.15, 0.2) is 24.5 Å². The Morgan fingerprint density at radius 2 is 1.74 bits per heavy atom. The van der Waals surface area contributed by atoms with E-state index < -0.39 is 30.5 Å². The number of carbonyl (C=O) groups is 1. The van der Waals surface area contributed by atoms with E-state index in [0.29, 0.717) is 22.1 Å². The van der Waals surface area contributed by atoms with Gasteiger partial charge in [-0.2, -0.15) is 26.3 Å². The molecule has 3 aromatic rings.